The average Bonchev–Trinajstić information content (AvgIpc) is 2.27. The lowest BCUT2D eigenvalue weighted by atomic mass is 10.1. The number of halogens is 6. The fourth-order valence-corrected chi connectivity index (χ4v) is 1.58. The Morgan fingerprint density at radius 2 is 1.89 bits per heavy atom. The van der Waals surface area contributed by atoms with Crippen LogP contribution in [0.2, 0.25) is 5.02 Å². The molecular formula is C9H3BrClF4NO3. The fourth-order valence-electron chi connectivity index (χ4n) is 1.07. The maximum Gasteiger partial charge on any atom is 0.471 e. The second-order valence-electron chi connectivity index (χ2n) is 3.17. The van der Waals surface area contributed by atoms with Crippen molar-refractivity contribution in [3.63, 3.8) is 0 Å². The van der Waals surface area contributed by atoms with Crippen LogP contribution in [0.4, 0.5) is 23.2 Å². The fraction of sp³-hybridized carbons (Fsp3) is 0.111. The second kappa shape index (κ2) is 5.33. The van der Waals surface area contributed by atoms with Crippen LogP contribution in [0.15, 0.2) is 10.5 Å². The molecule has 0 atom stereocenters. The van der Waals surface area contributed by atoms with Gasteiger partial charge in [-0.3, -0.25) is 4.79 Å². The largest absolute Gasteiger partial charge is 0.478 e. The molecule has 1 aromatic carbocycles. The van der Waals surface area contributed by atoms with Crippen LogP contribution in [0.3, 0.4) is 0 Å². The molecule has 104 valence electrons. The molecule has 0 fully saturated rings. The van der Waals surface area contributed by atoms with Crippen molar-refractivity contribution in [3.8, 4) is 0 Å². The first-order chi connectivity index (χ1) is 8.55. The molecule has 19 heavy (non-hydrogen) atoms. The smallest absolute Gasteiger partial charge is 0.471 e. The van der Waals surface area contributed by atoms with Gasteiger partial charge in [-0.05, 0) is 22.0 Å². The van der Waals surface area contributed by atoms with Crippen LogP contribution in [-0.2, 0) is 4.79 Å². The molecule has 0 saturated carbocycles. The summed E-state index contributed by atoms with van der Waals surface area (Å²) in [6.45, 7) is 0. The van der Waals surface area contributed by atoms with Gasteiger partial charge in [0.05, 0.1) is 20.7 Å². The van der Waals surface area contributed by atoms with Gasteiger partial charge in [0.2, 0.25) is 0 Å². The molecule has 0 aliphatic carbocycles. The molecule has 0 radical (unpaired) electrons. The van der Waals surface area contributed by atoms with Crippen molar-refractivity contribution in [1.29, 1.82) is 0 Å². The molecule has 0 aliphatic rings. The zero-order chi connectivity index (χ0) is 15.0. The first kappa shape index (κ1) is 15.7. The van der Waals surface area contributed by atoms with E-state index in [1.807, 2.05) is 0 Å². The summed E-state index contributed by atoms with van der Waals surface area (Å²) in [6, 6.07) is 0.711. The van der Waals surface area contributed by atoms with E-state index in [4.69, 9.17) is 16.7 Å². The zero-order valence-corrected chi connectivity index (χ0v) is 11.0. The van der Waals surface area contributed by atoms with Gasteiger partial charge in [-0.25, -0.2) is 9.18 Å². The Labute approximate surface area is 116 Å². The van der Waals surface area contributed by atoms with E-state index in [2.05, 4.69) is 15.9 Å². The molecule has 0 aromatic heterocycles. The van der Waals surface area contributed by atoms with Gasteiger partial charge in [0.25, 0.3) is 0 Å². The first-order valence-corrected chi connectivity index (χ1v) is 5.51. The van der Waals surface area contributed by atoms with Crippen molar-refractivity contribution in [1.82, 2.24) is 0 Å². The summed E-state index contributed by atoms with van der Waals surface area (Å²) < 4.78 is 49.4. The molecule has 10 heteroatoms. The lowest BCUT2D eigenvalue weighted by Crippen LogP contribution is -2.31. The highest BCUT2D eigenvalue weighted by molar-refractivity contribution is 9.10. The number of carbonyl (C=O) groups is 2. The summed E-state index contributed by atoms with van der Waals surface area (Å²) >= 11 is 8.10. The number of amides is 1. The molecule has 4 nitrogen and oxygen atoms in total. The summed E-state index contributed by atoms with van der Waals surface area (Å²) in [7, 11) is 0. The minimum atomic E-state index is -5.28. The molecule has 0 spiro atoms. The van der Waals surface area contributed by atoms with Crippen molar-refractivity contribution in [2.24, 2.45) is 0 Å². The first-order valence-electron chi connectivity index (χ1n) is 4.34. The Bertz CT molecular complexity index is 561. The average molecular weight is 364 g/mol. The lowest BCUT2D eigenvalue weighted by Gasteiger charge is -2.13. The number of carboxylic acid groups (broad SMARTS) is 1. The second-order valence-corrected chi connectivity index (χ2v) is 4.37. The van der Waals surface area contributed by atoms with Gasteiger partial charge in [-0.1, -0.05) is 11.6 Å². The SMILES string of the molecule is O=C(O)c1cc(Cl)c(Br)c(F)c1NC(=O)C(F)(F)F. The van der Waals surface area contributed by atoms with Crippen LogP contribution in [0.25, 0.3) is 0 Å². The van der Waals surface area contributed by atoms with E-state index in [1.165, 1.54) is 0 Å². The topological polar surface area (TPSA) is 66.4 Å². The molecule has 0 heterocycles. The highest BCUT2D eigenvalue weighted by Crippen LogP contribution is 2.34. The minimum Gasteiger partial charge on any atom is -0.478 e. The van der Waals surface area contributed by atoms with E-state index in [0.29, 0.717) is 6.07 Å². The Kier molecular flexibility index (Phi) is 4.41. The summed E-state index contributed by atoms with van der Waals surface area (Å²) in [6.07, 6.45) is -5.28. The third-order valence-corrected chi connectivity index (χ3v) is 3.19. The monoisotopic (exact) mass is 363 g/mol. The summed E-state index contributed by atoms with van der Waals surface area (Å²) in [5, 5.41) is 9.55. The van der Waals surface area contributed by atoms with Crippen molar-refractivity contribution in [3.05, 3.63) is 26.9 Å². The number of carbonyl (C=O) groups excluding carboxylic acids is 1. The summed E-state index contributed by atoms with van der Waals surface area (Å²) in [5.41, 5.74) is -2.02. The van der Waals surface area contributed by atoms with Gasteiger partial charge >= 0.3 is 18.1 Å². The van der Waals surface area contributed by atoms with Gasteiger partial charge in [-0.2, -0.15) is 13.2 Å². The van der Waals surface area contributed by atoms with E-state index in [1.54, 1.807) is 0 Å². The van der Waals surface area contributed by atoms with Crippen LogP contribution in [0, 0.1) is 5.82 Å². The normalized spacial score (nSPS) is 11.3. The quantitative estimate of drug-likeness (QED) is 0.624. The summed E-state index contributed by atoms with van der Waals surface area (Å²) in [5.74, 6) is -5.66. The molecule has 1 rings (SSSR count). The number of benzene rings is 1. The van der Waals surface area contributed by atoms with Gasteiger partial charge in [-0.15, -0.1) is 0 Å². The predicted molar refractivity (Wildman–Crippen MR) is 60.8 cm³/mol. The molecule has 2 N–H and O–H groups in total. The van der Waals surface area contributed by atoms with Crippen LogP contribution in [0.5, 0.6) is 0 Å². The molecule has 1 amide bonds. The Balaban J connectivity index is 3.37. The zero-order valence-electron chi connectivity index (χ0n) is 8.61. The predicted octanol–water partition coefficient (Wildman–Crippen LogP) is 3.44. The number of aromatic carboxylic acids is 1. The number of rotatable bonds is 2. The van der Waals surface area contributed by atoms with Crippen LogP contribution in [-0.4, -0.2) is 23.2 Å². The number of nitrogens with one attached hydrogen (secondary N) is 1. The van der Waals surface area contributed by atoms with E-state index >= 15 is 0 Å². The van der Waals surface area contributed by atoms with E-state index in [0.717, 1.165) is 5.32 Å². The van der Waals surface area contributed by atoms with Gasteiger partial charge in [0.1, 0.15) is 0 Å². The minimum absolute atomic E-state index is 0.361. The number of hydrogen-bond acceptors (Lipinski definition) is 2. The molecule has 0 bridgehead atoms. The van der Waals surface area contributed by atoms with Crippen molar-refractivity contribution >= 4 is 45.1 Å². The van der Waals surface area contributed by atoms with Gasteiger partial charge in [0, 0.05) is 0 Å². The number of alkyl halides is 3. The highest BCUT2D eigenvalue weighted by atomic mass is 79.9. The maximum atomic E-state index is 13.7. The summed E-state index contributed by atoms with van der Waals surface area (Å²) in [4.78, 5) is 21.5. The number of carboxylic acids is 1. The maximum absolute atomic E-state index is 13.7. The lowest BCUT2D eigenvalue weighted by molar-refractivity contribution is -0.167. The third kappa shape index (κ3) is 3.35. The Hall–Kier alpha value is -1.35. The third-order valence-electron chi connectivity index (χ3n) is 1.89. The number of anilines is 1. The Morgan fingerprint density at radius 3 is 2.32 bits per heavy atom. The van der Waals surface area contributed by atoms with Crippen molar-refractivity contribution < 1.29 is 32.3 Å². The van der Waals surface area contributed by atoms with Gasteiger partial charge < -0.3 is 10.4 Å². The van der Waals surface area contributed by atoms with Crippen molar-refractivity contribution in [2.45, 2.75) is 6.18 Å². The highest BCUT2D eigenvalue weighted by Gasteiger charge is 2.40. The molecule has 1 aromatic rings. The molecule has 0 aliphatic heterocycles. The standard InChI is InChI=1S/C9H3BrClF4NO3/c10-4-3(11)1-2(7(17)18)6(5(4)12)16-8(19)9(13,14)15/h1H,(H,16,19)(H,17,18). The Morgan fingerprint density at radius 1 is 1.37 bits per heavy atom. The van der Waals surface area contributed by atoms with Gasteiger partial charge in [0.15, 0.2) is 5.82 Å². The number of hydrogen-bond donors (Lipinski definition) is 2. The molecule has 0 unspecified atom stereocenters. The molecular weight excluding hydrogens is 361 g/mol. The van der Waals surface area contributed by atoms with Crippen LogP contribution < -0.4 is 5.32 Å². The van der Waals surface area contributed by atoms with E-state index < -0.39 is 39.6 Å². The van der Waals surface area contributed by atoms with Crippen LogP contribution >= 0.6 is 27.5 Å². The van der Waals surface area contributed by atoms with E-state index in [9.17, 15) is 27.2 Å². The molecule has 0 saturated heterocycles. The van der Waals surface area contributed by atoms with E-state index in [-0.39, 0.29) is 5.02 Å². The van der Waals surface area contributed by atoms with Crippen LogP contribution in [0.1, 0.15) is 10.4 Å². The van der Waals surface area contributed by atoms with Crippen molar-refractivity contribution in [2.75, 3.05) is 5.32 Å².